The largest absolute Gasteiger partial charge is 0.459 e. The summed E-state index contributed by atoms with van der Waals surface area (Å²) in [6.07, 6.45) is 1.41. The van der Waals surface area contributed by atoms with Crippen molar-refractivity contribution in [3.05, 3.63) is 52.9 Å². The summed E-state index contributed by atoms with van der Waals surface area (Å²) in [6.45, 7) is 1.82. The summed E-state index contributed by atoms with van der Waals surface area (Å²) >= 11 is 6.04. The molecule has 6 heteroatoms. The Balaban J connectivity index is 1.96. The predicted octanol–water partition coefficient (Wildman–Crippen LogP) is 2.95. The lowest BCUT2D eigenvalue weighted by Gasteiger charge is -2.15. The van der Waals surface area contributed by atoms with Gasteiger partial charge in [0.05, 0.1) is 23.5 Å². The van der Waals surface area contributed by atoms with Crippen LogP contribution in [0, 0.1) is 6.92 Å². The number of nitrogens with one attached hydrogen (secondary N) is 1. The maximum absolute atomic E-state index is 11.9. The molecule has 1 aromatic heterocycles. The van der Waals surface area contributed by atoms with E-state index in [2.05, 4.69) is 5.32 Å². The number of hydrogen-bond acceptors (Lipinski definition) is 3. The summed E-state index contributed by atoms with van der Waals surface area (Å²) in [5.41, 5.74) is 1.52. The zero-order valence-corrected chi connectivity index (χ0v) is 12.5. The fourth-order valence-electron chi connectivity index (χ4n) is 1.79. The molecule has 0 spiro atoms. The van der Waals surface area contributed by atoms with Crippen LogP contribution in [-0.4, -0.2) is 30.3 Å². The zero-order chi connectivity index (χ0) is 15.4. The molecule has 2 aromatic rings. The second kappa shape index (κ2) is 6.45. The van der Waals surface area contributed by atoms with Crippen molar-refractivity contribution in [1.29, 1.82) is 0 Å². The lowest BCUT2D eigenvalue weighted by atomic mass is 10.2. The van der Waals surface area contributed by atoms with Crippen LogP contribution in [0.15, 0.2) is 41.0 Å². The maximum atomic E-state index is 11.9. The third-order valence-corrected chi connectivity index (χ3v) is 3.17. The van der Waals surface area contributed by atoms with Gasteiger partial charge in [0, 0.05) is 7.05 Å². The maximum Gasteiger partial charge on any atom is 0.289 e. The van der Waals surface area contributed by atoms with Gasteiger partial charge < -0.3 is 14.6 Å². The Bertz CT molecular complexity index is 653. The first-order chi connectivity index (χ1) is 9.97. The van der Waals surface area contributed by atoms with Gasteiger partial charge in [-0.3, -0.25) is 9.59 Å². The van der Waals surface area contributed by atoms with Gasteiger partial charge in [0.15, 0.2) is 5.76 Å². The van der Waals surface area contributed by atoms with Crippen LogP contribution < -0.4 is 5.32 Å². The van der Waals surface area contributed by atoms with Crippen molar-refractivity contribution >= 4 is 29.1 Å². The van der Waals surface area contributed by atoms with E-state index in [4.69, 9.17) is 16.0 Å². The minimum absolute atomic E-state index is 0.0935. The number of carbonyl (C=O) groups is 2. The number of likely N-dealkylation sites (N-methyl/N-ethyl adjacent to an activating group) is 1. The van der Waals surface area contributed by atoms with Gasteiger partial charge in [0.2, 0.25) is 5.91 Å². The third kappa shape index (κ3) is 3.86. The van der Waals surface area contributed by atoms with E-state index in [0.29, 0.717) is 10.7 Å². The number of halogens is 1. The van der Waals surface area contributed by atoms with Crippen molar-refractivity contribution < 1.29 is 14.0 Å². The normalized spacial score (nSPS) is 10.2. The molecule has 0 fully saturated rings. The molecule has 1 heterocycles. The monoisotopic (exact) mass is 306 g/mol. The number of nitrogens with zero attached hydrogens (tertiary/aromatic N) is 1. The van der Waals surface area contributed by atoms with Crippen LogP contribution in [0.3, 0.4) is 0 Å². The van der Waals surface area contributed by atoms with Crippen LogP contribution in [-0.2, 0) is 4.79 Å². The number of furan rings is 1. The van der Waals surface area contributed by atoms with Crippen LogP contribution in [0.5, 0.6) is 0 Å². The fourth-order valence-corrected chi connectivity index (χ4v) is 2.07. The molecule has 0 aliphatic heterocycles. The quantitative estimate of drug-likeness (QED) is 0.944. The highest BCUT2D eigenvalue weighted by atomic mass is 35.5. The van der Waals surface area contributed by atoms with Crippen LogP contribution >= 0.6 is 11.6 Å². The Morgan fingerprint density at radius 3 is 2.71 bits per heavy atom. The van der Waals surface area contributed by atoms with E-state index in [0.717, 1.165) is 5.56 Å². The predicted molar refractivity (Wildman–Crippen MR) is 80.5 cm³/mol. The molecule has 0 saturated carbocycles. The second-order valence-corrected chi connectivity index (χ2v) is 5.08. The molecule has 0 aliphatic rings. The third-order valence-electron chi connectivity index (χ3n) is 2.86. The molecule has 1 N–H and O–H groups in total. The molecule has 21 heavy (non-hydrogen) atoms. The molecular formula is C15H15ClN2O3. The molecule has 2 rings (SSSR count). The molecule has 0 aliphatic carbocycles. The lowest BCUT2D eigenvalue weighted by Crippen LogP contribution is -2.34. The summed E-state index contributed by atoms with van der Waals surface area (Å²) < 4.78 is 5.00. The molecule has 1 aromatic carbocycles. The first-order valence-corrected chi connectivity index (χ1v) is 6.70. The number of hydrogen-bond donors (Lipinski definition) is 1. The Morgan fingerprint density at radius 1 is 1.33 bits per heavy atom. The van der Waals surface area contributed by atoms with Gasteiger partial charge >= 0.3 is 0 Å². The number of benzene rings is 1. The van der Waals surface area contributed by atoms with Crippen molar-refractivity contribution in [2.24, 2.45) is 0 Å². The van der Waals surface area contributed by atoms with Gasteiger partial charge in [0.25, 0.3) is 5.91 Å². The molecule has 0 unspecified atom stereocenters. The highest BCUT2D eigenvalue weighted by Crippen LogP contribution is 2.22. The highest BCUT2D eigenvalue weighted by Gasteiger charge is 2.17. The first kappa shape index (κ1) is 15.1. The van der Waals surface area contributed by atoms with Gasteiger partial charge in [-0.1, -0.05) is 17.7 Å². The minimum Gasteiger partial charge on any atom is -0.459 e. The Kier molecular flexibility index (Phi) is 4.65. The van der Waals surface area contributed by atoms with Gasteiger partial charge in [-0.05, 0) is 36.8 Å². The van der Waals surface area contributed by atoms with Crippen molar-refractivity contribution in [2.45, 2.75) is 6.92 Å². The van der Waals surface area contributed by atoms with Crippen LogP contribution in [0.4, 0.5) is 5.69 Å². The Hall–Kier alpha value is -2.27. The standard InChI is InChI=1S/C15H15ClN2O3/c1-10-5-6-12(11(16)8-10)17-14(19)9-18(2)15(20)13-4-3-7-21-13/h3-8H,9H2,1-2H3,(H,17,19). The average Bonchev–Trinajstić information content (AvgIpc) is 2.95. The number of carbonyl (C=O) groups excluding carboxylic acids is 2. The molecule has 0 radical (unpaired) electrons. The van der Waals surface area contributed by atoms with Gasteiger partial charge in [-0.2, -0.15) is 0 Å². The van der Waals surface area contributed by atoms with E-state index in [9.17, 15) is 9.59 Å². The molecule has 110 valence electrons. The number of amides is 2. The average molecular weight is 307 g/mol. The van der Waals surface area contributed by atoms with Crippen molar-refractivity contribution in [1.82, 2.24) is 4.90 Å². The SMILES string of the molecule is Cc1ccc(NC(=O)CN(C)C(=O)c2ccco2)c(Cl)c1. The first-order valence-electron chi connectivity index (χ1n) is 6.32. The molecular weight excluding hydrogens is 292 g/mol. The van der Waals surface area contributed by atoms with Crippen molar-refractivity contribution in [2.75, 3.05) is 18.9 Å². The minimum atomic E-state index is -0.356. The molecule has 0 saturated heterocycles. The summed E-state index contributed by atoms with van der Waals surface area (Å²) in [5.74, 6) is -0.494. The number of aryl methyl sites for hydroxylation is 1. The second-order valence-electron chi connectivity index (χ2n) is 4.67. The van der Waals surface area contributed by atoms with Crippen LogP contribution in [0.1, 0.15) is 16.1 Å². The number of rotatable bonds is 4. The van der Waals surface area contributed by atoms with Crippen molar-refractivity contribution in [3.63, 3.8) is 0 Å². The van der Waals surface area contributed by atoms with E-state index in [-0.39, 0.29) is 24.1 Å². The molecule has 5 nitrogen and oxygen atoms in total. The Morgan fingerprint density at radius 2 is 2.10 bits per heavy atom. The van der Waals surface area contributed by atoms with E-state index in [1.807, 2.05) is 13.0 Å². The molecule has 0 bridgehead atoms. The Labute approximate surface area is 127 Å². The highest BCUT2D eigenvalue weighted by molar-refractivity contribution is 6.33. The van der Waals surface area contributed by atoms with Gasteiger partial charge in [-0.15, -0.1) is 0 Å². The van der Waals surface area contributed by atoms with Crippen LogP contribution in [0.25, 0.3) is 0 Å². The molecule has 2 amide bonds. The van der Waals surface area contributed by atoms with Crippen LogP contribution in [0.2, 0.25) is 5.02 Å². The lowest BCUT2D eigenvalue weighted by molar-refractivity contribution is -0.116. The summed E-state index contributed by atoms with van der Waals surface area (Å²) in [7, 11) is 1.53. The van der Waals surface area contributed by atoms with Crippen molar-refractivity contribution in [3.8, 4) is 0 Å². The fraction of sp³-hybridized carbons (Fsp3) is 0.200. The number of anilines is 1. The molecule has 0 atom stereocenters. The smallest absolute Gasteiger partial charge is 0.289 e. The van der Waals surface area contributed by atoms with E-state index >= 15 is 0 Å². The topological polar surface area (TPSA) is 62.6 Å². The zero-order valence-electron chi connectivity index (χ0n) is 11.7. The van der Waals surface area contributed by atoms with Gasteiger partial charge in [0.1, 0.15) is 0 Å². The van der Waals surface area contributed by atoms with E-state index in [1.165, 1.54) is 18.2 Å². The summed E-state index contributed by atoms with van der Waals surface area (Å²) in [6, 6.07) is 8.50. The van der Waals surface area contributed by atoms with Gasteiger partial charge in [-0.25, -0.2) is 0 Å². The van der Waals surface area contributed by atoms with E-state index < -0.39 is 0 Å². The summed E-state index contributed by atoms with van der Waals surface area (Å²) in [4.78, 5) is 25.1. The van der Waals surface area contributed by atoms with E-state index in [1.54, 1.807) is 24.3 Å². The summed E-state index contributed by atoms with van der Waals surface area (Å²) in [5, 5.41) is 3.13.